The van der Waals surface area contributed by atoms with Crippen LogP contribution in [0.5, 0.6) is 0 Å². The van der Waals surface area contributed by atoms with E-state index < -0.39 is 0 Å². The van der Waals surface area contributed by atoms with Crippen molar-refractivity contribution in [2.45, 2.75) is 77.4 Å². The van der Waals surface area contributed by atoms with Gasteiger partial charge in [0.05, 0.1) is 5.41 Å². The van der Waals surface area contributed by atoms with Crippen molar-refractivity contribution < 1.29 is 4.79 Å². The van der Waals surface area contributed by atoms with Gasteiger partial charge in [0.25, 0.3) is 0 Å². The third-order valence-corrected chi connectivity index (χ3v) is 9.40. The van der Waals surface area contributed by atoms with E-state index in [0.29, 0.717) is 41.7 Å². The van der Waals surface area contributed by atoms with Gasteiger partial charge in [0.15, 0.2) is 0 Å². The van der Waals surface area contributed by atoms with Gasteiger partial charge in [-0.15, -0.1) is 0 Å². The van der Waals surface area contributed by atoms with Crippen LogP contribution in [-0.4, -0.2) is 37.5 Å². The smallest absolute Gasteiger partial charge is 0.229 e. The molecule has 1 aromatic carbocycles. The lowest BCUT2D eigenvalue weighted by molar-refractivity contribution is -0.147. The van der Waals surface area contributed by atoms with E-state index in [0.717, 1.165) is 61.5 Å². The number of hydrogen-bond acceptors (Lipinski definition) is 6. The van der Waals surface area contributed by atoms with E-state index in [1.54, 1.807) is 0 Å². The van der Waals surface area contributed by atoms with Crippen molar-refractivity contribution in [1.82, 2.24) is 24.8 Å². The zero-order chi connectivity index (χ0) is 25.9. The average molecular weight is 512 g/mol. The summed E-state index contributed by atoms with van der Waals surface area (Å²) in [7, 11) is 0. The summed E-state index contributed by atoms with van der Waals surface area (Å²) < 4.78 is 2.13. The number of carbonyl (C=O) groups excluding carboxylic acids is 1. The van der Waals surface area contributed by atoms with Crippen molar-refractivity contribution in [2.75, 3.05) is 10.6 Å². The second-order valence-corrected chi connectivity index (χ2v) is 12.3. The van der Waals surface area contributed by atoms with Crippen molar-refractivity contribution in [3.05, 3.63) is 59.8 Å². The Labute approximate surface area is 224 Å². The predicted molar refractivity (Wildman–Crippen MR) is 147 cm³/mol. The van der Waals surface area contributed by atoms with Crippen molar-refractivity contribution in [3.8, 4) is 0 Å². The lowest BCUT2D eigenvalue weighted by Crippen LogP contribution is -2.60. The monoisotopic (exact) mass is 511 g/mol. The molecular weight excluding hydrogens is 474 g/mol. The van der Waals surface area contributed by atoms with Crippen LogP contribution in [0.1, 0.15) is 61.9 Å². The van der Waals surface area contributed by atoms with Crippen LogP contribution in [-0.2, 0) is 11.3 Å². The van der Waals surface area contributed by atoms with E-state index in [4.69, 9.17) is 4.98 Å². The minimum absolute atomic E-state index is 0.134. The number of nitrogens with zero attached hydrogens (tertiary/aromatic N) is 4. The lowest BCUT2D eigenvalue weighted by atomic mass is 9.47. The normalized spacial score (nSPS) is 29.3. The second-order valence-electron chi connectivity index (χ2n) is 12.3. The first kappa shape index (κ1) is 23.7. The highest BCUT2D eigenvalue weighted by molar-refractivity contribution is 5.84. The van der Waals surface area contributed by atoms with E-state index >= 15 is 0 Å². The van der Waals surface area contributed by atoms with Gasteiger partial charge in [0, 0.05) is 48.5 Å². The van der Waals surface area contributed by atoms with Gasteiger partial charge in [-0.1, -0.05) is 12.1 Å². The summed E-state index contributed by atoms with van der Waals surface area (Å²) in [5.41, 5.74) is 3.07. The molecule has 2 heterocycles. The maximum Gasteiger partial charge on any atom is 0.229 e. The number of imidazole rings is 1. The number of anilines is 3. The predicted octanol–water partition coefficient (Wildman–Crippen LogP) is 4.97. The standard InChI is InChI=1S/C30H37N7O/c1-18-16-32-29(34-25-5-3-4-20(12-25)17-37-9-8-31-19(37)2)36-27(18)35-26-22-10-21-11-23(26)15-30(13-21,14-22)28(38)33-24-6-7-24/h3-5,8-9,12,16,21-24,26H,6-7,10-11,13-15,17H2,1-2H3,(H,33,38)(H2,32,34,35,36). The Hall–Kier alpha value is -3.42. The van der Waals surface area contributed by atoms with Crippen molar-refractivity contribution in [3.63, 3.8) is 0 Å². The molecule has 8 heteroatoms. The molecule has 38 heavy (non-hydrogen) atoms. The molecule has 1 amide bonds. The first-order valence-corrected chi connectivity index (χ1v) is 14.2. The van der Waals surface area contributed by atoms with Crippen LogP contribution in [0.15, 0.2) is 42.9 Å². The largest absolute Gasteiger partial charge is 0.366 e. The Kier molecular flexibility index (Phi) is 5.67. The highest BCUT2D eigenvalue weighted by Gasteiger charge is 2.58. The molecule has 0 radical (unpaired) electrons. The van der Waals surface area contributed by atoms with Crippen molar-refractivity contribution in [2.24, 2.45) is 23.2 Å². The molecule has 5 aliphatic rings. The minimum atomic E-state index is -0.134. The fraction of sp³-hybridized carbons (Fsp3) is 0.533. The third-order valence-electron chi connectivity index (χ3n) is 9.40. The maximum atomic E-state index is 13.2. The fourth-order valence-electron chi connectivity index (χ4n) is 7.55. The van der Waals surface area contributed by atoms with Crippen molar-refractivity contribution in [1.29, 1.82) is 0 Å². The number of aromatic nitrogens is 4. The highest BCUT2D eigenvalue weighted by atomic mass is 16.2. The Morgan fingerprint density at radius 1 is 1.11 bits per heavy atom. The molecule has 198 valence electrons. The van der Waals surface area contributed by atoms with Crippen LogP contribution in [0.3, 0.4) is 0 Å². The second kappa shape index (κ2) is 9.10. The quantitative estimate of drug-likeness (QED) is 0.395. The first-order valence-electron chi connectivity index (χ1n) is 14.2. The number of hydrogen-bond donors (Lipinski definition) is 3. The fourth-order valence-corrected chi connectivity index (χ4v) is 7.55. The van der Waals surface area contributed by atoms with E-state index in [1.165, 1.54) is 18.4 Å². The zero-order valence-corrected chi connectivity index (χ0v) is 22.3. The van der Waals surface area contributed by atoms with Gasteiger partial charge in [0.1, 0.15) is 11.6 Å². The molecule has 2 unspecified atom stereocenters. The summed E-state index contributed by atoms with van der Waals surface area (Å²) in [6.45, 7) is 4.86. The van der Waals surface area contributed by atoms with Gasteiger partial charge in [0.2, 0.25) is 11.9 Å². The van der Waals surface area contributed by atoms with Gasteiger partial charge >= 0.3 is 0 Å². The summed E-state index contributed by atoms with van der Waals surface area (Å²) in [5, 5.41) is 10.6. The van der Waals surface area contributed by atoms with E-state index in [-0.39, 0.29) is 5.41 Å². The molecular formula is C30H37N7O. The number of aryl methyl sites for hydroxylation is 2. The highest BCUT2D eigenvalue weighted by Crippen LogP contribution is 2.60. The molecule has 3 aromatic rings. The molecule has 0 aliphatic heterocycles. The Balaban J connectivity index is 1.06. The minimum Gasteiger partial charge on any atom is -0.366 e. The van der Waals surface area contributed by atoms with Crippen LogP contribution >= 0.6 is 0 Å². The Bertz CT molecular complexity index is 1350. The van der Waals surface area contributed by atoms with Gasteiger partial charge in [-0.25, -0.2) is 9.97 Å². The van der Waals surface area contributed by atoms with Gasteiger partial charge < -0.3 is 20.5 Å². The molecule has 8 nitrogen and oxygen atoms in total. The molecule has 3 N–H and O–H groups in total. The zero-order valence-electron chi connectivity index (χ0n) is 22.3. The van der Waals surface area contributed by atoms with Crippen LogP contribution < -0.4 is 16.0 Å². The van der Waals surface area contributed by atoms with Crippen molar-refractivity contribution >= 4 is 23.4 Å². The number of rotatable bonds is 8. The number of nitrogens with one attached hydrogen (secondary N) is 3. The molecule has 2 atom stereocenters. The molecule has 2 aromatic heterocycles. The molecule has 5 fully saturated rings. The molecule has 8 rings (SSSR count). The first-order chi connectivity index (χ1) is 18.4. The molecule has 0 saturated heterocycles. The number of carbonyl (C=O) groups is 1. The van der Waals surface area contributed by atoms with E-state index in [1.807, 2.05) is 31.6 Å². The number of amides is 1. The van der Waals surface area contributed by atoms with Crippen LogP contribution in [0.4, 0.5) is 17.5 Å². The van der Waals surface area contributed by atoms with Gasteiger partial charge in [-0.3, -0.25) is 4.79 Å². The Morgan fingerprint density at radius 3 is 2.66 bits per heavy atom. The summed E-state index contributed by atoms with van der Waals surface area (Å²) in [6, 6.07) is 9.18. The molecule has 4 bridgehead atoms. The van der Waals surface area contributed by atoms with E-state index in [9.17, 15) is 4.79 Å². The summed E-state index contributed by atoms with van der Waals surface area (Å²) in [4.78, 5) is 27.1. The Morgan fingerprint density at radius 2 is 1.92 bits per heavy atom. The topological polar surface area (TPSA) is 96.8 Å². The van der Waals surface area contributed by atoms with E-state index in [2.05, 4.69) is 55.6 Å². The number of benzene rings is 1. The van der Waals surface area contributed by atoms with Crippen LogP contribution in [0.25, 0.3) is 0 Å². The summed E-state index contributed by atoms with van der Waals surface area (Å²) in [5.74, 6) is 4.59. The third kappa shape index (κ3) is 4.44. The maximum absolute atomic E-state index is 13.2. The summed E-state index contributed by atoms with van der Waals surface area (Å²) >= 11 is 0. The summed E-state index contributed by atoms with van der Waals surface area (Å²) in [6.07, 6.45) is 13.6. The molecule has 5 saturated carbocycles. The van der Waals surface area contributed by atoms with Crippen LogP contribution in [0.2, 0.25) is 0 Å². The van der Waals surface area contributed by atoms with Crippen LogP contribution in [0, 0.1) is 37.0 Å². The van der Waals surface area contributed by atoms with Gasteiger partial charge in [-0.05, 0) is 94.2 Å². The lowest BCUT2D eigenvalue weighted by Gasteiger charge is -2.59. The average Bonchev–Trinajstić information content (AvgIpc) is 3.62. The SMILES string of the molecule is Cc1cnc(Nc2cccc(Cn3ccnc3C)c2)nc1NC1C2CC3CC1CC(C(=O)NC1CC1)(C3)C2. The molecule has 5 aliphatic carbocycles. The molecule has 0 spiro atoms. The van der Waals surface area contributed by atoms with Gasteiger partial charge in [-0.2, -0.15) is 4.98 Å².